The highest BCUT2D eigenvalue weighted by Gasteiger charge is 2.33. The fourth-order valence-corrected chi connectivity index (χ4v) is 6.06. The summed E-state index contributed by atoms with van der Waals surface area (Å²) < 4.78 is 5.31. The SMILES string of the molecule is COc1ccc(-c2ccc3nn(-c4cc(C(C)(C)CC(C)(C)C)cc(C(C)(C)c5ccccc5)c4O)nc3c2)cc1. The Kier molecular flexibility index (Phi) is 7.19. The van der Waals surface area contributed by atoms with Crippen LogP contribution in [0.2, 0.25) is 0 Å². The second-order valence-corrected chi connectivity index (χ2v) is 13.4. The van der Waals surface area contributed by atoms with Crippen molar-refractivity contribution >= 4 is 11.0 Å². The van der Waals surface area contributed by atoms with Crippen LogP contribution in [-0.4, -0.2) is 27.2 Å². The summed E-state index contributed by atoms with van der Waals surface area (Å²) in [5.41, 5.74) is 6.93. The summed E-state index contributed by atoms with van der Waals surface area (Å²) in [6, 6.07) is 28.7. The van der Waals surface area contributed by atoms with E-state index in [1.165, 1.54) is 0 Å². The number of fused-ring (bicyclic) bond motifs is 1. The minimum Gasteiger partial charge on any atom is -0.505 e. The van der Waals surface area contributed by atoms with Crippen LogP contribution in [0.15, 0.2) is 84.9 Å². The molecule has 1 heterocycles. The maximum Gasteiger partial charge on any atom is 0.147 e. The molecule has 41 heavy (non-hydrogen) atoms. The van der Waals surface area contributed by atoms with Crippen molar-refractivity contribution in [3.05, 3.63) is 102 Å². The first-order valence-electron chi connectivity index (χ1n) is 14.2. The largest absolute Gasteiger partial charge is 0.505 e. The Balaban J connectivity index is 1.67. The van der Waals surface area contributed by atoms with E-state index in [-0.39, 0.29) is 16.6 Å². The fraction of sp³-hybridized carbons (Fsp3) is 0.333. The lowest BCUT2D eigenvalue weighted by Crippen LogP contribution is -2.27. The molecule has 0 amide bonds. The molecule has 0 aliphatic heterocycles. The lowest BCUT2D eigenvalue weighted by Gasteiger charge is -2.35. The summed E-state index contributed by atoms with van der Waals surface area (Å²) in [4.78, 5) is 1.60. The van der Waals surface area contributed by atoms with Crippen molar-refractivity contribution in [2.75, 3.05) is 7.11 Å². The van der Waals surface area contributed by atoms with Crippen molar-refractivity contribution in [2.24, 2.45) is 5.41 Å². The lowest BCUT2D eigenvalue weighted by atomic mass is 9.70. The second-order valence-electron chi connectivity index (χ2n) is 13.4. The third-order valence-corrected chi connectivity index (χ3v) is 8.03. The fourth-order valence-electron chi connectivity index (χ4n) is 6.06. The number of hydrogen-bond donors (Lipinski definition) is 1. The van der Waals surface area contributed by atoms with Crippen LogP contribution in [-0.2, 0) is 10.8 Å². The number of rotatable bonds is 7. The molecule has 5 nitrogen and oxygen atoms in total. The molecule has 0 aliphatic rings. The van der Waals surface area contributed by atoms with E-state index in [0.29, 0.717) is 5.69 Å². The molecule has 5 heteroatoms. The summed E-state index contributed by atoms with van der Waals surface area (Å²) in [7, 11) is 1.67. The molecule has 1 N–H and O–H groups in total. The number of phenolic OH excluding ortho intramolecular Hbond substituents is 1. The van der Waals surface area contributed by atoms with Crippen LogP contribution in [0, 0.1) is 5.41 Å². The van der Waals surface area contributed by atoms with Gasteiger partial charge in [0.1, 0.15) is 28.2 Å². The maximum atomic E-state index is 11.9. The molecule has 212 valence electrons. The number of aromatic hydroxyl groups is 1. The molecule has 0 saturated heterocycles. The molecule has 0 radical (unpaired) electrons. The molecule has 5 rings (SSSR count). The van der Waals surface area contributed by atoms with E-state index in [9.17, 15) is 5.11 Å². The molecular weight excluding hydrogens is 506 g/mol. The van der Waals surface area contributed by atoms with Gasteiger partial charge >= 0.3 is 0 Å². The van der Waals surface area contributed by atoms with Gasteiger partial charge in [-0.05, 0) is 69.8 Å². The van der Waals surface area contributed by atoms with Crippen LogP contribution in [0.3, 0.4) is 0 Å². The van der Waals surface area contributed by atoms with E-state index < -0.39 is 5.41 Å². The molecule has 5 aromatic rings. The van der Waals surface area contributed by atoms with Crippen molar-refractivity contribution in [3.8, 4) is 28.3 Å². The van der Waals surface area contributed by atoms with Crippen LogP contribution in [0.1, 0.15) is 71.6 Å². The van der Waals surface area contributed by atoms with Gasteiger partial charge in [-0.15, -0.1) is 15.0 Å². The number of ether oxygens (including phenoxy) is 1. The molecular formula is C36H41N3O2. The predicted molar refractivity (Wildman–Crippen MR) is 168 cm³/mol. The molecule has 0 atom stereocenters. The van der Waals surface area contributed by atoms with Crippen LogP contribution < -0.4 is 4.74 Å². The first kappa shape index (κ1) is 28.4. The van der Waals surface area contributed by atoms with Crippen LogP contribution in [0.5, 0.6) is 11.5 Å². The monoisotopic (exact) mass is 547 g/mol. The standard InChI is InChI=1S/C36H41N3O2/c1-34(2,3)23-35(4,5)27-21-29(36(6,7)26-12-10-9-11-13-26)33(40)32(22-27)39-37-30-19-16-25(20-31(30)38-39)24-14-17-28(41-8)18-15-24/h9-22,40H,23H2,1-8H3. The average molecular weight is 548 g/mol. The number of nitrogens with zero attached hydrogens (tertiary/aromatic N) is 3. The van der Waals surface area contributed by atoms with Gasteiger partial charge in [-0.1, -0.05) is 103 Å². The molecule has 0 unspecified atom stereocenters. The van der Waals surface area contributed by atoms with Gasteiger partial charge in [0.2, 0.25) is 0 Å². The highest BCUT2D eigenvalue weighted by atomic mass is 16.5. The first-order chi connectivity index (χ1) is 19.3. The minimum atomic E-state index is -0.442. The third-order valence-electron chi connectivity index (χ3n) is 8.03. The molecule has 0 saturated carbocycles. The molecule has 0 aliphatic carbocycles. The molecule has 0 spiro atoms. The van der Waals surface area contributed by atoms with E-state index in [1.54, 1.807) is 11.9 Å². The lowest BCUT2D eigenvalue weighted by molar-refractivity contribution is 0.283. The summed E-state index contributed by atoms with van der Waals surface area (Å²) >= 11 is 0. The van der Waals surface area contributed by atoms with Crippen molar-refractivity contribution in [2.45, 2.75) is 65.7 Å². The Bertz CT molecular complexity index is 1670. The second kappa shape index (κ2) is 10.4. The van der Waals surface area contributed by atoms with Gasteiger partial charge < -0.3 is 9.84 Å². The molecule has 0 bridgehead atoms. The van der Waals surface area contributed by atoms with Crippen molar-refractivity contribution in [1.29, 1.82) is 0 Å². The molecule has 0 fully saturated rings. The number of phenols is 1. The highest BCUT2D eigenvalue weighted by molar-refractivity contribution is 5.81. The van der Waals surface area contributed by atoms with Crippen molar-refractivity contribution in [3.63, 3.8) is 0 Å². The van der Waals surface area contributed by atoms with E-state index in [4.69, 9.17) is 14.9 Å². The Labute approximate surface area is 243 Å². The average Bonchev–Trinajstić information content (AvgIpc) is 3.35. The Morgan fingerprint density at radius 2 is 1.34 bits per heavy atom. The summed E-state index contributed by atoms with van der Waals surface area (Å²) in [6.45, 7) is 15.7. The van der Waals surface area contributed by atoms with Crippen LogP contribution in [0.25, 0.3) is 27.8 Å². The summed E-state index contributed by atoms with van der Waals surface area (Å²) in [5, 5.41) is 21.6. The van der Waals surface area contributed by atoms with Gasteiger partial charge in [-0.2, -0.15) is 0 Å². The zero-order chi connectivity index (χ0) is 29.6. The smallest absolute Gasteiger partial charge is 0.147 e. The van der Waals surface area contributed by atoms with E-state index in [1.807, 2.05) is 54.6 Å². The summed E-state index contributed by atoms with van der Waals surface area (Å²) in [5.74, 6) is 1.02. The zero-order valence-corrected chi connectivity index (χ0v) is 25.5. The molecule has 4 aromatic carbocycles. The normalized spacial score (nSPS) is 12.6. The molecule has 1 aromatic heterocycles. The van der Waals surface area contributed by atoms with Gasteiger partial charge in [0.25, 0.3) is 0 Å². The Morgan fingerprint density at radius 3 is 1.98 bits per heavy atom. The summed E-state index contributed by atoms with van der Waals surface area (Å²) in [6.07, 6.45) is 0.981. The van der Waals surface area contributed by atoms with E-state index >= 15 is 0 Å². The first-order valence-corrected chi connectivity index (χ1v) is 14.2. The van der Waals surface area contributed by atoms with Crippen LogP contribution >= 0.6 is 0 Å². The van der Waals surface area contributed by atoms with Gasteiger partial charge in [-0.3, -0.25) is 0 Å². The zero-order valence-electron chi connectivity index (χ0n) is 25.5. The van der Waals surface area contributed by atoms with Crippen LogP contribution in [0.4, 0.5) is 0 Å². The van der Waals surface area contributed by atoms with Crippen molar-refractivity contribution < 1.29 is 9.84 Å². The third kappa shape index (κ3) is 5.72. The predicted octanol–water partition coefficient (Wildman–Crippen LogP) is 8.84. The van der Waals surface area contributed by atoms with Gasteiger partial charge in [0.05, 0.1) is 7.11 Å². The highest BCUT2D eigenvalue weighted by Crippen LogP contribution is 2.44. The Morgan fingerprint density at radius 1 is 0.707 bits per heavy atom. The van der Waals surface area contributed by atoms with E-state index in [2.05, 4.69) is 78.8 Å². The Hall–Kier alpha value is -4.12. The van der Waals surface area contributed by atoms with E-state index in [0.717, 1.165) is 51.0 Å². The number of methoxy groups -OCH3 is 1. The van der Waals surface area contributed by atoms with Gasteiger partial charge in [0, 0.05) is 11.0 Å². The van der Waals surface area contributed by atoms with Gasteiger partial charge in [0.15, 0.2) is 0 Å². The quantitative estimate of drug-likeness (QED) is 0.221. The van der Waals surface area contributed by atoms with Crippen molar-refractivity contribution in [1.82, 2.24) is 15.0 Å². The van der Waals surface area contributed by atoms with Gasteiger partial charge in [-0.25, -0.2) is 0 Å². The number of hydrogen-bond acceptors (Lipinski definition) is 4. The topological polar surface area (TPSA) is 60.2 Å². The minimum absolute atomic E-state index is 0.132. The number of benzene rings is 4. The number of aromatic nitrogens is 3. The maximum absolute atomic E-state index is 11.9.